The normalized spacial score (nSPS) is 12.5. The first-order valence-corrected chi connectivity index (χ1v) is 8.56. The molecule has 0 radical (unpaired) electrons. The van der Waals surface area contributed by atoms with Crippen molar-refractivity contribution >= 4 is 17.9 Å². The first-order chi connectivity index (χ1) is 13.0. The standard InChI is InChI=1S/C20H23N3O4/c1-14(16-10-6-3-7-11-16)22-19(25)17(12-18(21)24)23-20(26)27-13-15-8-4-2-5-9-15/h2-11,14,17H,12-13H2,1H3,(H2,21,24)(H,22,25)(H,23,26)/t14-,17+/m0/s1. The average Bonchev–Trinajstić information content (AvgIpc) is 2.67. The highest BCUT2D eigenvalue weighted by molar-refractivity contribution is 5.90. The first kappa shape index (κ1) is 20.0. The molecule has 0 aliphatic carbocycles. The van der Waals surface area contributed by atoms with Crippen molar-refractivity contribution in [3.05, 3.63) is 71.8 Å². The van der Waals surface area contributed by atoms with Gasteiger partial charge >= 0.3 is 6.09 Å². The summed E-state index contributed by atoms with van der Waals surface area (Å²) in [5.74, 6) is -1.22. The van der Waals surface area contributed by atoms with E-state index < -0.39 is 23.9 Å². The SMILES string of the molecule is C[C@H](NC(=O)[C@@H](CC(N)=O)NC(=O)OCc1ccccc1)c1ccccc1. The lowest BCUT2D eigenvalue weighted by Gasteiger charge is -2.20. The van der Waals surface area contributed by atoms with Crippen molar-refractivity contribution in [2.75, 3.05) is 0 Å². The molecule has 0 aromatic heterocycles. The van der Waals surface area contributed by atoms with Gasteiger partial charge in [-0.1, -0.05) is 60.7 Å². The van der Waals surface area contributed by atoms with Gasteiger partial charge in [-0.25, -0.2) is 4.79 Å². The maximum Gasteiger partial charge on any atom is 0.408 e. The summed E-state index contributed by atoms with van der Waals surface area (Å²) in [6.07, 6.45) is -1.12. The van der Waals surface area contributed by atoms with Crippen molar-refractivity contribution < 1.29 is 19.1 Å². The maximum absolute atomic E-state index is 12.5. The van der Waals surface area contributed by atoms with Crippen molar-refractivity contribution in [1.82, 2.24) is 10.6 Å². The van der Waals surface area contributed by atoms with Crippen LogP contribution in [0, 0.1) is 0 Å². The summed E-state index contributed by atoms with van der Waals surface area (Å²) >= 11 is 0. The molecular weight excluding hydrogens is 346 g/mol. The summed E-state index contributed by atoms with van der Waals surface area (Å²) in [4.78, 5) is 35.8. The Morgan fingerprint density at radius 2 is 1.56 bits per heavy atom. The third-order valence-electron chi connectivity index (χ3n) is 3.88. The van der Waals surface area contributed by atoms with Crippen LogP contribution in [0.1, 0.15) is 30.5 Å². The molecule has 0 aliphatic heterocycles. The van der Waals surface area contributed by atoms with Crippen LogP contribution in [-0.4, -0.2) is 23.9 Å². The zero-order valence-electron chi connectivity index (χ0n) is 15.1. The number of benzene rings is 2. The van der Waals surface area contributed by atoms with Crippen LogP contribution in [0.5, 0.6) is 0 Å². The van der Waals surface area contributed by atoms with Crippen molar-refractivity contribution in [2.45, 2.75) is 32.0 Å². The van der Waals surface area contributed by atoms with E-state index in [4.69, 9.17) is 10.5 Å². The van der Waals surface area contributed by atoms with Gasteiger partial charge in [0.15, 0.2) is 0 Å². The number of carbonyl (C=O) groups excluding carboxylic acids is 3. The molecule has 2 aromatic carbocycles. The molecule has 7 nitrogen and oxygen atoms in total. The monoisotopic (exact) mass is 369 g/mol. The summed E-state index contributed by atoms with van der Waals surface area (Å²) in [7, 11) is 0. The van der Waals surface area contributed by atoms with Crippen LogP contribution in [0.3, 0.4) is 0 Å². The molecule has 0 spiro atoms. The Kier molecular flexibility index (Phi) is 7.37. The van der Waals surface area contributed by atoms with Crippen LogP contribution in [0.15, 0.2) is 60.7 Å². The fourth-order valence-corrected chi connectivity index (χ4v) is 2.46. The number of hydrogen-bond acceptors (Lipinski definition) is 4. The molecule has 0 unspecified atom stereocenters. The number of primary amides is 1. The second kappa shape index (κ2) is 9.96. The molecule has 4 N–H and O–H groups in total. The molecule has 2 rings (SSSR count). The van der Waals surface area contributed by atoms with Gasteiger partial charge in [0.05, 0.1) is 12.5 Å². The smallest absolute Gasteiger partial charge is 0.408 e. The molecule has 27 heavy (non-hydrogen) atoms. The number of nitrogens with one attached hydrogen (secondary N) is 2. The molecule has 0 saturated heterocycles. The minimum atomic E-state index is -1.11. The van der Waals surface area contributed by atoms with Gasteiger partial charge < -0.3 is 21.1 Å². The molecule has 7 heteroatoms. The predicted molar refractivity (Wildman–Crippen MR) is 100 cm³/mol. The van der Waals surface area contributed by atoms with Crippen LogP contribution in [0.2, 0.25) is 0 Å². The van der Waals surface area contributed by atoms with Gasteiger partial charge in [0, 0.05) is 0 Å². The molecule has 3 amide bonds. The fraction of sp³-hybridized carbons (Fsp3) is 0.250. The van der Waals surface area contributed by atoms with Crippen LogP contribution >= 0.6 is 0 Å². The number of alkyl carbamates (subject to hydrolysis) is 1. The summed E-state index contributed by atoms with van der Waals surface area (Å²) in [6.45, 7) is 1.86. The van der Waals surface area contributed by atoms with Crippen molar-refractivity contribution in [2.24, 2.45) is 5.73 Å². The van der Waals surface area contributed by atoms with Crippen molar-refractivity contribution in [3.63, 3.8) is 0 Å². The third-order valence-corrected chi connectivity index (χ3v) is 3.88. The number of ether oxygens (including phenoxy) is 1. The molecule has 0 heterocycles. The van der Waals surface area contributed by atoms with Crippen molar-refractivity contribution in [1.29, 1.82) is 0 Å². The number of nitrogens with two attached hydrogens (primary N) is 1. The van der Waals surface area contributed by atoms with Gasteiger partial charge in [-0.3, -0.25) is 9.59 Å². The lowest BCUT2D eigenvalue weighted by atomic mass is 10.1. The van der Waals surface area contributed by atoms with E-state index in [1.54, 1.807) is 0 Å². The summed E-state index contributed by atoms with van der Waals surface area (Å²) < 4.78 is 5.10. The zero-order valence-corrected chi connectivity index (χ0v) is 15.1. The van der Waals surface area contributed by atoms with E-state index in [1.165, 1.54) is 0 Å². The van der Waals surface area contributed by atoms with E-state index in [1.807, 2.05) is 67.6 Å². The molecule has 0 aliphatic rings. The van der Waals surface area contributed by atoms with Crippen molar-refractivity contribution in [3.8, 4) is 0 Å². The Morgan fingerprint density at radius 1 is 0.963 bits per heavy atom. The topological polar surface area (TPSA) is 111 Å². The van der Waals surface area contributed by atoms with E-state index in [9.17, 15) is 14.4 Å². The number of hydrogen-bond donors (Lipinski definition) is 3. The summed E-state index contributed by atoms with van der Waals surface area (Å²) in [5, 5.41) is 5.16. The van der Waals surface area contributed by atoms with Gasteiger partial charge in [-0.15, -0.1) is 0 Å². The number of carbonyl (C=O) groups is 3. The molecule has 0 saturated carbocycles. The highest BCUT2D eigenvalue weighted by atomic mass is 16.5. The highest BCUT2D eigenvalue weighted by Gasteiger charge is 2.25. The average molecular weight is 369 g/mol. The van der Waals surface area contributed by atoms with Gasteiger partial charge in [-0.05, 0) is 18.1 Å². The van der Waals surface area contributed by atoms with Gasteiger partial charge in [0.1, 0.15) is 12.6 Å². The van der Waals surface area contributed by atoms with Crippen LogP contribution in [-0.2, 0) is 20.9 Å². The molecule has 142 valence electrons. The Labute approximate surface area is 157 Å². The zero-order chi connectivity index (χ0) is 19.6. The minimum absolute atomic E-state index is 0.0536. The van der Waals surface area contributed by atoms with Gasteiger partial charge in [-0.2, -0.15) is 0 Å². The van der Waals surface area contributed by atoms with Crippen LogP contribution < -0.4 is 16.4 Å². The maximum atomic E-state index is 12.5. The Bertz CT molecular complexity index is 765. The largest absolute Gasteiger partial charge is 0.445 e. The quantitative estimate of drug-likeness (QED) is 0.661. The number of rotatable bonds is 8. The van der Waals surface area contributed by atoms with E-state index in [0.717, 1.165) is 11.1 Å². The lowest BCUT2D eigenvalue weighted by molar-refractivity contribution is -0.127. The molecule has 0 fully saturated rings. The van der Waals surface area contributed by atoms with Gasteiger partial charge in [0.25, 0.3) is 0 Å². The second-order valence-electron chi connectivity index (χ2n) is 6.07. The van der Waals surface area contributed by atoms with E-state index in [2.05, 4.69) is 10.6 Å². The Balaban J connectivity index is 1.93. The fourth-order valence-electron chi connectivity index (χ4n) is 2.46. The lowest BCUT2D eigenvalue weighted by Crippen LogP contribution is -2.49. The Hall–Kier alpha value is -3.35. The minimum Gasteiger partial charge on any atom is -0.445 e. The van der Waals surface area contributed by atoms with E-state index >= 15 is 0 Å². The second-order valence-corrected chi connectivity index (χ2v) is 6.07. The number of amides is 3. The predicted octanol–water partition coefficient (Wildman–Crippen LogP) is 2.03. The van der Waals surface area contributed by atoms with E-state index in [-0.39, 0.29) is 19.1 Å². The third kappa shape index (κ3) is 6.81. The summed E-state index contributed by atoms with van der Waals surface area (Å²) in [5.41, 5.74) is 6.91. The van der Waals surface area contributed by atoms with Gasteiger partial charge in [0.2, 0.25) is 11.8 Å². The van der Waals surface area contributed by atoms with Crippen LogP contribution in [0.25, 0.3) is 0 Å². The molecule has 2 atom stereocenters. The molecular formula is C20H23N3O4. The van der Waals surface area contributed by atoms with E-state index in [0.29, 0.717) is 0 Å². The molecule has 0 bridgehead atoms. The first-order valence-electron chi connectivity index (χ1n) is 8.56. The Morgan fingerprint density at radius 3 is 2.15 bits per heavy atom. The molecule has 2 aromatic rings. The highest BCUT2D eigenvalue weighted by Crippen LogP contribution is 2.11. The summed E-state index contributed by atoms with van der Waals surface area (Å²) in [6, 6.07) is 17.0. The van der Waals surface area contributed by atoms with Crippen LogP contribution in [0.4, 0.5) is 4.79 Å².